The zero-order valence-corrected chi connectivity index (χ0v) is 22.4. The average molecular weight is 611 g/mol. The van der Waals surface area contributed by atoms with E-state index in [0.717, 1.165) is 20.5 Å². The molecule has 36 heavy (non-hydrogen) atoms. The summed E-state index contributed by atoms with van der Waals surface area (Å²) in [6.45, 7) is 2.61. The van der Waals surface area contributed by atoms with E-state index in [1.165, 1.54) is 0 Å². The van der Waals surface area contributed by atoms with Crippen molar-refractivity contribution in [2.45, 2.75) is 20.1 Å². The normalized spacial score (nSPS) is 14.1. The average Bonchev–Trinajstić information content (AvgIpc) is 3.13. The van der Waals surface area contributed by atoms with Gasteiger partial charge in [0.2, 0.25) is 0 Å². The Morgan fingerprint density at radius 1 is 1.03 bits per heavy atom. The van der Waals surface area contributed by atoms with Crippen molar-refractivity contribution in [2.24, 2.45) is 0 Å². The fourth-order valence-corrected chi connectivity index (χ4v) is 4.30. The second-order valence-corrected chi connectivity index (χ2v) is 9.59. The summed E-state index contributed by atoms with van der Waals surface area (Å²) in [6.07, 6.45) is 1.60. The zero-order valence-electron chi connectivity index (χ0n) is 19.3. The third-order valence-electron chi connectivity index (χ3n) is 5.40. The van der Waals surface area contributed by atoms with Crippen molar-refractivity contribution in [3.8, 4) is 17.6 Å². The van der Waals surface area contributed by atoms with Crippen molar-refractivity contribution in [3.05, 3.63) is 97.6 Å². The number of carbonyl (C=O) groups is 2. The summed E-state index contributed by atoms with van der Waals surface area (Å²) in [5.41, 5.74) is 2.94. The first-order valence-electron chi connectivity index (χ1n) is 11.1. The maximum absolute atomic E-state index is 13.0. The molecule has 0 saturated carbocycles. The van der Waals surface area contributed by atoms with Gasteiger partial charge in [0.15, 0.2) is 11.5 Å². The molecule has 9 heteroatoms. The molecule has 0 aliphatic carbocycles. The molecule has 1 N–H and O–H groups in total. The lowest BCUT2D eigenvalue weighted by molar-refractivity contribution is -0.123. The van der Waals surface area contributed by atoms with E-state index in [1.807, 2.05) is 43.3 Å². The van der Waals surface area contributed by atoms with Crippen molar-refractivity contribution in [1.29, 1.82) is 5.26 Å². The van der Waals surface area contributed by atoms with Crippen molar-refractivity contribution >= 4 is 49.9 Å². The summed E-state index contributed by atoms with van der Waals surface area (Å²) in [5.74, 6) is 0.545. The van der Waals surface area contributed by atoms with Gasteiger partial charge in [-0.25, -0.2) is 4.79 Å². The molecule has 0 bridgehead atoms. The molecule has 3 aromatic rings. The van der Waals surface area contributed by atoms with Crippen LogP contribution >= 0.6 is 31.9 Å². The van der Waals surface area contributed by atoms with E-state index >= 15 is 0 Å². The highest BCUT2D eigenvalue weighted by molar-refractivity contribution is 9.10. The number of benzene rings is 3. The highest BCUT2D eigenvalue weighted by Crippen LogP contribution is 2.36. The summed E-state index contributed by atoms with van der Waals surface area (Å²) in [6, 6.07) is 19.8. The number of carbonyl (C=O) groups excluding carboxylic acids is 2. The fraction of sp³-hybridized carbons (Fsp3) is 0.148. The van der Waals surface area contributed by atoms with Crippen LogP contribution in [0.15, 0.2) is 75.3 Å². The molecule has 3 aromatic carbocycles. The van der Waals surface area contributed by atoms with E-state index in [9.17, 15) is 14.9 Å². The van der Waals surface area contributed by atoms with E-state index < -0.39 is 11.9 Å². The second-order valence-electron chi connectivity index (χ2n) is 7.82. The van der Waals surface area contributed by atoms with Gasteiger partial charge in [-0.1, -0.05) is 62.2 Å². The number of amides is 3. The summed E-state index contributed by atoms with van der Waals surface area (Å²) < 4.78 is 13.3. The Hall–Kier alpha value is -3.61. The molecule has 0 spiro atoms. The van der Waals surface area contributed by atoms with Gasteiger partial charge in [-0.05, 0) is 54.5 Å². The number of hydrogen-bond acceptors (Lipinski definition) is 5. The predicted octanol–water partition coefficient (Wildman–Crippen LogP) is 6.15. The first-order valence-corrected chi connectivity index (χ1v) is 12.6. The zero-order chi connectivity index (χ0) is 25.7. The van der Waals surface area contributed by atoms with Crippen molar-refractivity contribution in [3.63, 3.8) is 0 Å². The van der Waals surface area contributed by atoms with Crippen LogP contribution in [-0.4, -0.2) is 23.4 Å². The summed E-state index contributed by atoms with van der Waals surface area (Å²) in [7, 11) is 0. The molecule has 182 valence electrons. The minimum atomic E-state index is -0.480. The van der Waals surface area contributed by atoms with E-state index in [0.29, 0.717) is 33.7 Å². The fourth-order valence-electron chi connectivity index (χ4n) is 3.60. The van der Waals surface area contributed by atoms with E-state index in [2.05, 4.69) is 43.2 Å². The van der Waals surface area contributed by atoms with Crippen LogP contribution in [0.3, 0.4) is 0 Å². The summed E-state index contributed by atoms with van der Waals surface area (Å²) >= 11 is 6.91. The number of halogens is 2. The third kappa shape index (κ3) is 5.78. The van der Waals surface area contributed by atoms with Gasteiger partial charge in [0, 0.05) is 14.5 Å². The Labute approximate surface area is 225 Å². The molecule has 7 nitrogen and oxygen atoms in total. The minimum Gasteiger partial charge on any atom is -0.490 e. The quantitative estimate of drug-likeness (QED) is 0.244. The van der Waals surface area contributed by atoms with Crippen LogP contribution < -0.4 is 14.8 Å². The molecule has 0 atom stereocenters. The summed E-state index contributed by atoms with van der Waals surface area (Å²) in [5, 5.41) is 12.0. The SMILES string of the molecule is CCOc1cc(/C=C2/NC(=O)N(Cc3ccc(Br)cc3)C2=O)c(Br)cc1OCc1ccccc1C#N. The van der Waals surface area contributed by atoms with Crippen LogP contribution in [0.4, 0.5) is 4.79 Å². The number of urea groups is 1. The maximum atomic E-state index is 13.0. The monoisotopic (exact) mass is 609 g/mol. The summed E-state index contributed by atoms with van der Waals surface area (Å²) in [4.78, 5) is 26.6. The molecule has 1 aliphatic heterocycles. The van der Waals surface area contributed by atoms with Gasteiger partial charge < -0.3 is 14.8 Å². The van der Waals surface area contributed by atoms with Crippen LogP contribution in [0.2, 0.25) is 0 Å². The van der Waals surface area contributed by atoms with Crippen LogP contribution in [0.5, 0.6) is 11.5 Å². The van der Waals surface area contributed by atoms with E-state index in [-0.39, 0.29) is 18.8 Å². The second kappa shape index (κ2) is 11.4. The smallest absolute Gasteiger partial charge is 0.329 e. The number of imide groups is 1. The van der Waals surface area contributed by atoms with Gasteiger partial charge in [-0.15, -0.1) is 0 Å². The third-order valence-corrected chi connectivity index (χ3v) is 6.62. The van der Waals surface area contributed by atoms with Gasteiger partial charge >= 0.3 is 6.03 Å². The lowest BCUT2D eigenvalue weighted by Crippen LogP contribution is -2.30. The number of nitriles is 1. The lowest BCUT2D eigenvalue weighted by Gasteiger charge is -2.15. The van der Waals surface area contributed by atoms with Crippen molar-refractivity contribution < 1.29 is 19.1 Å². The molecule has 0 unspecified atom stereocenters. The standard InChI is InChI=1S/C27H21Br2N3O4/c1-2-35-24-12-20(22(29)13-25(24)36-16-19-6-4-3-5-18(19)14-30)11-23-26(33)32(27(34)31-23)15-17-7-9-21(28)10-8-17/h3-13H,2,15-16H2,1H3,(H,31,34)/b23-11+. The molecular formula is C27H21Br2N3O4. The highest BCUT2D eigenvalue weighted by Gasteiger charge is 2.33. The van der Waals surface area contributed by atoms with Gasteiger partial charge in [0.1, 0.15) is 12.3 Å². The van der Waals surface area contributed by atoms with Crippen LogP contribution in [-0.2, 0) is 17.9 Å². The minimum absolute atomic E-state index is 0.164. The molecule has 0 aromatic heterocycles. The van der Waals surface area contributed by atoms with Crippen LogP contribution in [0.25, 0.3) is 6.08 Å². The molecule has 1 fully saturated rings. The first-order chi connectivity index (χ1) is 17.4. The molecule has 1 saturated heterocycles. The maximum Gasteiger partial charge on any atom is 0.329 e. The van der Waals surface area contributed by atoms with Crippen LogP contribution in [0, 0.1) is 11.3 Å². The van der Waals surface area contributed by atoms with Gasteiger partial charge in [0.25, 0.3) is 5.91 Å². The predicted molar refractivity (Wildman–Crippen MR) is 142 cm³/mol. The molecule has 1 heterocycles. The van der Waals surface area contributed by atoms with Crippen molar-refractivity contribution in [1.82, 2.24) is 10.2 Å². The van der Waals surface area contributed by atoms with Gasteiger partial charge in [-0.2, -0.15) is 5.26 Å². The molecule has 4 rings (SSSR count). The van der Waals surface area contributed by atoms with Gasteiger partial charge in [0.05, 0.1) is 24.8 Å². The van der Waals surface area contributed by atoms with Gasteiger partial charge in [-0.3, -0.25) is 9.69 Å². The largest absolute Gasteiger partial charge is 0.490 e. The topological polar surface area (TPSA) is 91.7 Å². The van der Waals surface area contributed by atoms with Crippen molar-refractivity contribution in [2.75, 3.05) is 6.61 Å². The molecular weight excluding hydrogens is 590 g/mol. The number of nitrogens with zero attached hydrogens (tertiary/aromatic N) is 2. The number of nitrogens with one attached hydrogen (secondary N) is 1. The first kappa shape index (κ1) is 25.5. The molecule has 0 radical (unpaired) electrons. The Kier molecular flexibility index (Phi) is 8.08. The van der Waals surface area contributed by atoms with E-state index in [1.54, 1.807) is 30.3 Å². The molecule has 3 amide bonds. The number of hydrogen-bond donors (Lipinski definition) is 1. The number of ether oxygens (including phenoxy) is 2. The number of rotatable bonds is 8. The van der Waals surface area contributed by atoms with Crippen LogP contribution in [0.1, 0.15) is 29.2 Å². The highest BCUT2D eigenvalue weighted by atomic mass is 79.9. The molecule has 1 aliphatic rings. The lowest BCUT2D eigenvalue weighted by atomic mass is 10.1. The Morgan fingerprint density at radius 3 is 2.47 bits per heavy atom. The van der Waals surface area contributed by atoms with E-state index in [4.69, 9.17) is 9.47 Å². The Balaban J connectivity index is 1.56. The Morgan fingerprint density at radius 2 is 1.75 bits per heavy atom. The Bertz CT molecular complexity index is 1380.